The van der Waals surface area contributed by atoms with Crippen LogP contribution >= 0.6 is 11.6 Å². The minimum Gasteiger partial charge on any atom is -0.471 e. The maximum absolute atomic E-state index is 12.6. The largest absolute Gasteiger partial charge is 0.471 e. The molecule has 1 aliphatic rings. The molecule has 1 unspecified atom stereocenters. The minimum absolute atomic E-state index is 0.0487. The molecule has 0 radical (unpaired) electrons. The van der Waals surface area contributed by atoms with Gasteiger partial charge in [-0.25, -0.2) is 9.59 Å². The Morgan fingerprint density at radius 3 is 2.17 bits per heavy atom. The molecule has 1 heterocycles. The summed E-state index contributed by atoms with van der Waals surface area (Å²) in [4.78, 5) is 36.6. The molecule has 1 aromatic rings. The van der Waals surface area contributed by atoms with E-state index in [1.165, 1.54) is 0 Å². The third-order valence-corrected chi connectivity index (χ3v) is 3.87. The van der Waals surface area contributed by atoms with E-state index in [9.17, 15) is 14.4 Å². The molecule has 2 rings (SSSR count). The number of carbonyl (C=O) groups is 3. The molecule has 0 spiro atoms. The van der Waals surface area contributed by atoms with Gasteiger partial charge in [-0.3, -0.25) is 4.79 Å². The molecule has 1 atom stereocenters. The average molecular weight is 353 g/mol. The van der Waals surface area contributed by atoms with Crippen LogP contribution in [0.4, 0.5) is 0 Å². The second-order valence-corrected chi connectivity index (χ2v) is 5.45. The molecule has 1 aliphatic heterocycles. The molecular weight excluding hydrogens is 336 g/mol. The summed E-state index contributed by atoms with van der Waals surface area (Å²) in [5, 5.41) is 0.479. The third kappa shape index (κ3) is 3.01. The summed E-state index contributed by atoms with van der Waals surface area (Å²) in [6.07, 6.45) is 1.64. The Hall–Kier alpha value is -2.34. The van der Waals surface area contributed by atoms with Crippen LogP contribution in [0.5, 0.6) is 0 Å². The van der Waals surface area contributed by atoms with Gasteiger partial charge in [-0.05, 0) is 31.5 Å². The molecule has 0 saturated carbocycles. The van der Waals surface area contributed by atoms with Crippen molar-refractivity contribution in [1.82, 2.24) is 0 Å². The van der Waals surface area contributed by atoms with Crippen molar-refractivity contribution in [3.8, 4) is 0 Å². The van der Waals surface area contributed by atoms with Crippen LogP contribution in [-0.2, 0) is 28.6 Å². The van der Waals surface area contributed by atoms with Crippen LogP contribution < -0.4 is 0 Å². The number of benzene rings is 1. The van der Waals surface area contributed by atoms with Crippen molar-refractivity contribution in [2.75, 3.05) is 13.2 Å². The number of ether oxygens (including phenoxy) is 3. The van der Waals surface area contributed by atoms with Gasteiger partial charge in [-0.1, -0.05) is 23.7 Å². The van der Waals surface area contributed by atoms with E-state index >= 15 is 0 Å². The van der Waals surface area contributed by atoms with E-state index < -0.39 is 23.5 Å². The molecule has 6 nitrogen and oxygen atoms in total. The van der Waals surface area contributed by atoms with Crippen LogP contribution in [0.2, 0.25) is 5.02 Å². The SMILES string of the molecule is CCOC(=O)C1(C(=O)OCC)OC=C(C=O)C1c1ccc(Cl)cc1. The fraction of sp³-hybridized carbons (Fsp3) is 0.353. The first-order chi connectivity index (χ1) is 11.5. The van der Waals surface area contributed by atoms with Crippen molar-refractivity contribution in [2.45, 2.75) is 25.4 Å². The van der Waals surface area contributed by atoms with E-state index in [0.29, 0.717) is 16.9 Å². The number of rotatable bonds is 6. The van der Waals surface area contributed by atoms with Gasteiger partial charge in [-0.15, -0.1) is 0 Å². The predicted molar refractivity (Wildman–Crippen MR) is 85.4 cm³/mol. The lowest BCUT2D eigenvalue weighted by Crippen LogP contribution is -2.53. The lowest BCUT2D eigenvalue weighted by Gasteiger charge is -2.30. The topological polar surface area (TPSA) is 78.9 Å². The summed E-state index contributed by atoms with van der Waals surface area (Å²) >= 11 is 5.89. The highest BCUT2D eigenvalue weighted by atomic mass is 35.5. The van der Waals surface area contributed by atoms with Gasteiger partial charge in [0.05, 0.1) is 25.4 Å². The number of halogens is 1. The number of hydrogen-bond acceptors (Lipinski definition) is 6. The maximum Gasteiger partial charge on any atom is 0.363 e. The molecule has 0 N–H and O–H groups in total. The highest BCUT2D eigenvalue weighted by Crippen LogP contribution is 2.44. The average Bonchev–Trinajstić information content (AvgIpc) is 2.96. The van der Waals surface area contributed by atoms with E-state index in [2.05, 4.69) is 0 Å². The fourth-order valence-corrected chi connectivity index (χ4v) is 2.73. The van der Waals surface area contributed by atoms with E-state index in [0.717, 1.165) is 6.26 Å². The van der Waals surface area contributed by atoms with Gasteiger partial charge < -0.3 is 14.2 Å². The predicted octanol–water partition coefficient (Wildman–Crippen LogP) is 2.40. The van der Waals surface area contributed by atoms with Gasteiger partial charge in [-0.2, -0.15) is 0 Å². The molecule has 0 amide bonds. The Kier molecular flexibility index (Phi) is 5.62. The lowest BCUT2D eigenvalue weighted by molar-refractivity contribution is -0.183. The first kappa shape index (κ1) is 18.0. The number of esters is 2. The van der Waals surface area contributed by atoms with Gasteiger partial charge in [0.15, 0.2) is 0 Å². The Labute approximate surface area is 144 Å². The molecule has 0 aliphatic carbocycles. The zero-order valence-corrected chi connectivity index (χ0v) is 14.0. The first-order valence-corrected chi connectivity index (χ1v) is 7.82. The third-order valence-electron chi connectivity index (χ3n) is 3.62. The van der Waals surface area contributed by atoms with E-state index in [-0.39, 0.29) is 18.8 Å². The second-order valence-electron chi connectivity index (χ2n) is 5.01. The van der Waals surface area contributed by atoms with Crippen molar-refractivity contribution < 1.29 is 28.6 Å². The van der Waals surface area contributed by atoms with Gasteiger partial charge in [0.1, 0.15) is 6.29 Å². The summed E-state index contributed by atoms with van der Waals surface area (Å²) < 4.78 is 15.4. The fourth-order valence-electron chi connectivity index (χ4n) is 2.60. The summed E-state index contributed by atoms with van der Waals surface area (Å²) in [7, 11) is 0. The first-order valence-electron chi connectivity index (χ1n) is 7.44. The molecule has 0 saturated heterocycles. The number of carbonyl (C=O) groups excluding carboxylic acids is 3. The van der Waals surface area contributed by atoms with Crippen LogP contribution in [0.15, 0.2) is 36.1 Å². The zero-order chi connectivity index (χ0) is 17.7. The van der Waals surface area contributed by atoms with Crippen molar-refractivity contribution >= 4 is 29.8 Å². The van der Waals surface area contributed by atoms with Crippen LogP contribution in [0.3, 0.4) is 0 Å². The molecule has 1 aromatic carbocycles. The molecule has 0 bridgehead atoms. The molecule has 0 fully saturated rings. The summed E-state index contributed by atoms with van der Waals surface area (Å²) in [6.45, 7) is 3.31. The van der Waals surface area contributed by atoms with Crippen molar-refractivity contribution in [3.63, 3.8) is 0 Å². The zero-order valence-electron chi connectivity index (χ0n) is 13.3. The normalized spacial score (nSPS) is 18.3. The highest BCUT2D eigenvalue weighted by Gasteiger charge is 2.62. The standard InChI is InChI=1S/C17H17ClO6/c1-3-22-15(20)17(16(21)23-4-2)14(12(9-19)10-24-17)11-5-7-13(18)8-6-11/h5-10,14H,3-4H2,1-2H3. The van der Waals surface area contributed by atoms with E-state index in [1.807, 2.05) is 0 Å². The Morgan fingerprint density at radius 1 is 1.17 bits per heavy atom. The second kappa shape index (κ2) is 7.49. The monoisotopic (exact) mass is 352 g/mol. The van der Waals surface area contributed by atoms with Gasteiger partial charge in [0.25, 0.3) is 0 Å². The number of aldehydes is 1. The Balaban J connectivity index is 2.58. The van der Waals surface area contributed by atoms with Crippen molar-refractivity contribution in [2.24, 2.45) is 0 Å². The van der Waals surface area contributed by atoms with Gasteiger partial charge >= 0.3 is 17.5 Å². The Bertz CT molecular complexity index is 646. The van der Waals surface area contributed by atoms with E-state index in [1.54, 1.807) is 38.1 Å². The van der Waals surface area contributed by atoms with Crippen LogP contribution in [0.1, 0.15) is 25.3 Å². The van der Waals surface area contributed by atoms with Gasteiger partial charge in [0.2, 0.25) is 0 Å². The van der Waals surface area contributed by atoms with Gasteiger partial charge in [0, 0.05) is 10.6 Å². The molecule has 7 heteroatoms. The molecule has 24 heavy (non-hydrogen) atoms. The molecule has 0 aromatic heterocycles. The minimum atomic E-state index is -2.09. The maximum atomic E-state index is 12.6. The van der Waals surface area contributed by atoms with Crippen LogP contribution in [-0.4, -0.2) is 37.0 Å². The molecule has 128 valence electrons. The summed E-state index contributed by atoms with van der Waals surface area (Å²) in [6, 6.07) is 6.43. The van der Waals surface area contributed by atoms with Crippen LogP contribution in [0.25, 0.3) is 0 Å². The van der Waals surface area contributed by atoms with Crippen molar-refractivity contribution in [1.29, 1.82) is 0 Å². The molecular formula is C17H17ClO6. The smallest absolute Gasteiger partial charge is 0.363 e. The van der Waals surface area contributed by atoms with Crippen LogP contribution in [0, 0.1) is 0 Å². The van der Waals surface area contributed by atoms with Crippen molar-refractivity contribution in [3.05, 3.63) is 46.7 Å². The number of hydrogen-bond donors (Lipinski definition) is 0. The van der Waals surface area contributed by atoms with E-state index in [4.69, 9.17) is 25.8 Å². The summed E-state index contributed by atoms with van der Waals surface area (Å²) in [5.74, 6) is -2.79. The summed E-state index contributed by atoms with van der Waals surface area (Å²) in [5.41, 5.74) is -1.44. The Morgan fingerprint density at radius 2 is 1.71 bits per heavy atom. The lowest BCUT2D eigenvalue weighted by atomic mass is 9.79. The highest BCUT2D eigenvalue weighted by molar-refractivity contribution is 6.30. The quantitative estimate of drug-likeness (QED) is 0.444.